The van der Waals surface area contributed by atoms with Crippen LogP contribution in [0.15, 0.2) is 30.4 Å². The number of hydrogen-bond acceptors (Lipinski definition) is 2. The predicted molar refractivity (Wildman–Crippen MR) is 132 cm³/mol. The molecule has 3 aliphatic carbocycles. The van der Waals surface area contributed by atoms with Gasteiger partial charge in [0.15, 0.2) is 0 Å². The molecule has 2 unspecified atom stereocenters. The molecule has 3 saturated carbocycles. The Balaban J connectivity index is 1.31. The fraction of sp³-hybridized carbons (Fsp3) is 0.630. The highest BCUT2D eigenvalue weighted by Gasteiger charge is 2.60. The molecule has 1 aliphatic heterocycles. The molecular weight excluding hydrogens is 455 g/mol. The van der Waals surface area contributed by atoms with E-state index in [1.54, 1.807) is 18.2 Å². The molecule has 2 amide bonds. The summed E-state index contributed by atoms with van der Waals surface area (Å²) in [7, 11) is 1.97. The number of carbonyl (C=O) groups excluding carboxylic acids is 2. The second-order valence-electron chi connectivity index (χ2n) is 11.3. The summed E-state index contributed by atoms with van der Waals surface area (Å²) in [5, 5.41) is 4.51. The zero-order chi connectivity index (χ0) is 23.5. The molecule has 4 nitrogen and oxygen atoms in total. The second kappa shape index (κ2) is 8.30. The van der Waals surface area contributed by atoms with E-state index in [2.05, 4.69) is 25.2 Å². The maximum atomic E-state index is 13.0. The summed E-state index contributed by atoms with van der Waals surface area (Å²) >= 11 is 12.3. The molecule has 1 heterocycles. The van der Waals surface area contributed by atoms with E-state index >= 15 is 0 Å². The molecule has 0 radical (unpaired) electrons. The van der Waals surface area contributed by atoms with Gasteiger partial charge in [0, 0.05) is 34.6 Å². The van der Waals surface area contributed by atoms with E-state index in [4.69, 9.17) is 23.2 Å². The summed E-state index contributed by atoms with van der Waals surface area (Å²) in [6.45, 7) is 4.78. The van der Waals surface area contributed by atoms with E-state index in [1.165, 1.54) is 12.8 Å². The molecule has 1 N–H and O–H groups in total. The summed E-state index contributed by atoms with van der Waals surface area (Å²) in [6, 6.07) is 5.83. The van der Waals surface area contributed by atoms with Crippen LogP contribution in [0, 0.1) is 28.6 Å². The second-order valence-corrected chi connectivity index (χ2v) is 12.1. The van der Waals surface area contributed by atoms with E-state index in [0.717, 1.165) is 31.2 Å². The molecule has 0 spiro atoms. The highest BCUT2D eigenvalue weighted by Crippen LogP contribution is 2.63. The smallest absolute Gasteiger partial charge is 0.246 e. The first-order valence-electron chi connectivity index (χ1n) is 12.3. The van der Waals surface area contributed by atoms with Crippen LogP contribution in [0.4, 0.5) is 0 Å². The third-order valence-electron chi connectivity index (χ3n) is 9.83. The van der Waals surface area contributed by atoms with Gasteiger partial charge in [0.1, 0.15) is 0 Å². The van der Waals surface area contributed by atoms with Crippen molar-refractivity contribution in [2.75, 3.05) is 7.05 Å². The van der Waals surface area contributed by atoms with Gasteiger partial charge in [0.25, 0.3) is 0 Å². The molecule has 178 valence electrons. The van der Waals surface area contributed by atoms with Crippen molar-refractivity contribution >= 4 is 35.0 Å². The molecule has 0 bridgehead atoms. The highest BCUT2D eigenvalue weighted by atomic mass is 35.5. The summed E-state index contributed by atoms with van der Waals surface area (Å²) < 4.78 is 0. The predicted octanol–water partition coefficient (Wildman–Crippen LogP) is 5.66. The Labute approximate surface area is 207 Å². The standard InChI is InChI=1S/C27H34Cl2N2O2/c1-26-12-10-20-18(6-9-23-27(20,2)13-11-25(33)31(23)3)19(26)7-8-22(26)30-24(32)14-16-4-5-17(28)15-21(16)29/h4-5,11,13,15,18-20,22-23H,6-10,12,14H2,1-3H3,(H,30,32)/t18-,19-,20+,22?,23?,26-,27+/m0/s1. The molecule has 0 saturated heterocycles. The van der Waals surface area contributed by atoms with Gasteiger partial charge in [-0.3, -0.25) is 9.59 Å². The van der Waals surface area contributed by atoms with Crippen molar-refractivity contribution < 1.29 is 9.59 Å². The maximum absolute atomic E-state index is 13.0. The Hall–Kier alpha value is -1.52. The first-order chi connectivity index (χ1) is 15.6. The molecule has 6 heteroatoms. The Kier molecular flexibility index (Phi) is 5.85. The van der Waals surface area contributed by atoms with Gasteiger partial charge in [-0.25, -0.2) is 0 Å². The number of nitrogens with one attached hydrogen (secondary N) is 1. The van der Waals surface area contributed by atoms with Crippen LogP contribution < -0.4 is 5.32 Å². The number of likely N-dealkylation sites (N-methyl/N-ethyl adjacent to an activating group) is 1. The minimum atomic E-state index is 0.0410. The van der Waals surface area contributed by atoms with Crippen LogP contribution in [0.3, 0.4) is 0 Å². The number of benzene rings is 1. The lowest BCUT2D eigenvalue weighted by Gasteiger charge is -2.60. The van der Waals surface area contributed by atoms with Crippen LogP contribution >= 0.6 is 23.2 Å². The lowest BCUT2D eigenvalue weighted by atomic mass is 9.48. The van der Waals surface area contributed by atoms with Crippen molar-refractivity contribution in [2.45, 2.75) is 70.9 Å². The number of hydrogen-bond donors (Lipinski definition) is 1. The van der Waals surface area contributed by atoms with Gasteiger partial charge < -0.3 is 10.2 Å². The van der Waals surface area contributed by atoms with Crippen LogP contribution in [0.2, 0.25) is 10.0 Å². The zero-order valence-electron chi connectivity index (χ0n) is 19.7. The third-order valence-corrected chi connectivity index (χ3v) is 10.4. The van der Waals surface area contributed by atoms with Crippen molar-refractivity contribution in [3.8, 4) is 0 Å². The van der Waals surface area contributed by atoms with Gasteiger partial charge in [-0.2, -0.15) is 0 Å². The van der Waals surface area contributed by atoms with Crippen molar-refractivity contribution in [1.82, 2.24) is 10.2 Å². The van der Waals surface area contributed by atoms with Crippen LogP contribution in [0.25, 0.3) is 0 Å². The molecule has 0 aromatic heterocycles. The summed E-state index contributed by atoms with van der Waals surface area (Å²) in [5.41, 5.74) is 1.000. The third kappa shape index (κ3) is 3.72. The Morgan fingerprint density at radius 1 is 1.12 bits per heavy atom. The Bertz CT molecular complexity index is 1010. The molecular formula is C27H34Cl2N2O2. The number of halogens is 2. The summed E-state index contributed by atoms with van der Waals surface area (Å²) in [4.78, 5) is 27.2. The van der Waals surface area contributed by atoms with Crippen molar-refractivity contribution in [3.63, 3.8) is 0 Å². The fourth-order valence-corrected chi connectivity index (χ4v) is 8.53. The number of nitrogens with zero attached hydrogens (tertiary/aromatic N) is 1. The minimum Gasteiger partial charge on any atom is -0.353 e. The van der Waals surface area contributed by atoms with Crippen LogP contribution in [-0.4, -0.2) is 35.8 Å². The van der Waals surface area contributed by atoms with E-state index in [1.807, 2.05) is 18.0 Å². The van der Waals surface area contributed by atoms with Crippen molar-refractivity contribution in [3.05, 3.63) is 46.0 Å². The largest absolute Gasteiger partial charge is 0.353 e. The van der Waals surface area contributed by atoms with Crippen molar-refractivity contribution in [2.24, 2.45) is 28.6 Å². The van der Waals surface area contributed by atoms with Gasteiger partial charge in [-0.15, -0.1) is 0 Å². The SMILES string of the molecule is CN1C(=O)C=C[C@@]2(C)C1CC[C@@H]1[C@H]2CC[C@]2(C)C(NC(=O)Cc3ccc(Cl)cc3Cl)CC[C@@H]12. The number of amides is 2. The van der Waals surface area contributed by atoms with Crippen LogP contribution in [-0.2, 0) is 16.0 Å². The molecule has 4 aliphatic rings. The highest BCUT2D eigenvalue weighted by molar-refractivity contribution is 6.35. The average Bonchev–Trinajstić information content (AvgIpc) is 3.09. The first-order valence-corrected chi connectivity index (χ1v) is 13.1. The van der Waals surface area contributed by atoms with E-state index in [9.17, 15) is 9.59 Å². The zero-order valence-corrected chi connectivity index (χ0v) is 21.3. The number of rotatable bonds is 3. The lowest BCUT2D eigenvalue weighted by Crippen LogP contribution is -2.60. The van der Waals surface area contributed by atoms with E-state index in [-0.39, 0.29) is 35.1 Å². The van der Waals surface area contributed by atoms with Gasteiger partial charge >= 0.3 is 0 Å². The normalized spacial score (nSPS) is 39.6. The maximum Gasteiger partial charge on any atom is 0.246 e. The van der Waals surface area contributed by atoms with Gasteiger partial charge in [-0.1, -0.05) is 49.2 Å². The first kappa shape index (κ1) is 23.2. The minimum absolute atomic E-state index is 0.0410. The average molecular weight is 489 g/mol. The van der Waals surface area contributed by atoms with Crippen LogP contribution in [0.5, 0.6) is 0 Å². The molecule has 5 rings (SSSR count). The quantitative estimate of drug-likeness (QED) is 0.596. The van der Waals surface area contributed by atoms with Gasteiger partial charge in [-0.05, 0) is 85.5 Å². The van der Waals surface area contributed by atoms with Gasteiger partial charge in [0.05, 0.1) is 6.42 Å². The summed E-state index contributed by atoms with van der Waals surface area (Å²) in [5.74, 6) is 2.06. The lowest BCUT2D eigenvalue weighted by molar-refractivity contribution is -0.138. The molecule has 1 aromatic rings. The Morgan fingerprint density at radius 2 is 1.91 bits per heavy atom. The number of fused-ring (bicyclic) bond motifs is 5. The van der Waals surface area contributed by atoms with Gasteiger partial charge in [0.2, 0.25) is 11.8 Å². The fourth-order valence-electron chi connectivity index (χ4n) is 8.06. The molecule has 1 aromatic carbocycles. The van der Waals surface area contributed by atoms with E-state index in [0.29, 0.717) is 33.8 Å². The molecule has 3 fully saturated rings. The summed E-state index contributed by atoms with van der Waals surface area (Å²) in [6.07, 6.45) is 11.1. The van der Waals surface area contributed by atoms with E-state index < -0.39 is 0 Å². The van der Waals surface area contributed by atoms with Crippen LogP contribution in [0.1, 0.15) is 57.9 Å². The monoisotopic (exact) mass is 488 g/mol. The van der Waals surface area contributed by atoms with Crippen molar-refractivity contribution in [1.29, 1.82) is 0 Å². The topological polar surface area (TPSA) is 49.4 Å². The molecule has 33 heavy (non-hydrogen) atoms. The Morgan fingerprint density at radius 3 is 2.67 bits per heavy atom. The molecule has 7 atom stereocenters. The number of carbonyl (C=O) groups is 2.